The molecule has 0 spiro atoms. The molecule has 0 bridgehead atoms. The number of aromatic nitrogens is 3. The summed E-state index contributed by atoms with van der Waals surface area (Å²) >= 11 is 1.44. The Bertz CT molecular complexity index is 841. The average Bonchev–Trinajstić information content (AvgIpc) is 3.17. The molecule has 1 aliphatic heterocycles. The van der Waals surface area contributed by atoms with E-state index in [1.54, 1.807) is 12.1 Å². The highest BCUT2D eigenvalue weighted by Gasteiger charge is 2.26. The molecule has 2 aliphatic rings. The monoisotopic (exact) mass is 416 g/mol. The van der Waals surface area contributed by atoms with E-state index in [1.807, 2.05) is 11.0 Å². The Hall–Kier alpha value is -1.89. The largest absolute Gasteiger partial charge is 0.342 e. The van der Waals surface area contributed by atoms with Crippen molar-refractivity contribution in [3.05, 3.63) is 30.1 Å². The van der Waals surface area contributed by atoms with E-state index in [9.17, 15) is 9.18 Å². The Morgan fingerprint density at radius 1 is 1.10 bits per heavy atom. The first kappa shape index (κ1) is 20.4. The van der Waals surface area contributed by atoms with Crippen LogP contribution < -0.4 is 0 Å². The summed E-state index contributed by atoms with van der Waals surface area (Å²) in [5.41, 5.74) is 0.480. The third-order valence-corrected chi connectivity index (χ3v) is 7.11. The molecule has 7 heteroatoms. The molecular formula is C22H29FN4OS. The van der Waals surface area contributed by atoms with Gasteiger partial charge in [-0.25, -0.2) is 4.39 Å². The lowest BCUT2D eigenvalue weighted by Gasteiger charge is -2.30. The molecule has 0 unspecified atom stereocenters. The van der Waals surface area contributed by atoms with Gasteiger partial charge in [-0.2, -0.15) is 0 Å². The number of benzene rings is 1. The highest BCUT2D eigenvalue weighted by atomic mass is 32.2. The number of thioether (sulfide) groups is 1. The van der Waals surface area contributed by atoms with Crippen LogP contribution >= 0.6 is 11.8 Å². The molecule has 29 heavy (non-hydrogen) atoms. The Morgan fingerprint density at radius 2 is 1.83 bits per heavy atom. The number of piperidine rings is 1. The number of hydrogen-bond donors (Lipinski definition) is 0. The minimum Gasteiger partial charge on any atom is -0.342 e. The van der Waals surface area contributed by atoms with E-state index >= 15 is 0 Å². The molecule has 1 aromatic heterocycles. The summed E-state index contributed by atoms with van der Waals surface area (Å²) in [4.78, 5) is 14.6. The Balaban J connectivity index is 1.55. The Morgan fingerprint density at radius 3 is 2.55 bits per heavy atom. The van der Waals surface area contributed by atoms with Crippen LogP contribution in [0.3, 0.4) is 0 Å². The van der Waals surface area contributed by atoms with Gasteiger partial charge in [0.05, 0.1) is 11.3 Å². The number of carbonyl (C=O) groups excluding carboxylic acids is 1. The fraction of sp³-hybridized carbons (Fsp3) is 0.591. The van der Waals surface area contributed by atoms with E-state index in [2.05, 4.69) is 21.7 Å². The van der Waals surface area contributed by atoms with E-state index in [0.717, 1.165) is 56.8 Å². The molecule has 1 aliphatic carbocycles. The van der Waals surface area contributed by atoms with Crippen LogP contribution in [0.15, 0.2) is 29.4 Å². The molecule has 0 atom stereocenters. The van der Waals surface area contributed by atoms with Crippen molar-refractivity contribution in [1.82, 2.24) is 19.7 Å². The Kier molecular flexibility index (Phi) is 6.53. The van der Waals surface area contributed by atoms with Crippen LogP contribution in [0.2, 0.25) is 0 Å². The Labute approximate surface area is 176 Å². The third-order valence-electron chi connectivity index (χ3n) is 6.18. The predicted molar refractivity (Wildman–Crippen MR) is 113 cm³/mol. The number of nitrogens with zero attached hydrogens (tertiary/aromatic N) is 4. The van der Waals surface area contributed by atoms with Gasteiger partial charge in [-0.15, -0.1) is 10.2 Å². The van der Waals surface area contributed by atoms with Gasteiger partial charge in [0.1, 0.15) is 5.82 Å². The van der Waals surface area contributed by atoms with E-state index in [4.69, 9.17) is 0 Å². The fourth-order valence-corrected chi connectivity index (χ4v) is 5.25. The van der Waals surface area contributed by atoms with Gasteiger partial charge in [-0.3, -0.25) is 9.36 Å². The number of carbonyl (C=O) groups is 1. The van der Waals surface area contributed by atoms with Gasteiger partial charge >= 0.3 is 0 Å². The molecule has 2 heterocycles. The number of likely N-dealkylation sites (tertiary alicyclic amines) is 1. The second-order valence-electron chi connectivity index (χ2n) is 8.30. The van der Waals surface area contributed by atoms with Crippen molar-refractivity contribution in [3.8, 4) is 11.4 Å². The smallest absolute Gasteiger partial charge is 0.233 e. The maximum Gasteiger partial charge on any atom is 0.233 e. The van der Waals surface area contributed by atoms with Gasteiger partial charge < -0.3 is 4.90 Å². The van der Waals surface area contributed by atoms with Crippen LogP contribution in [0.25, 0.3) is 11.4 Å². The molecule has 1 aromatic carbocycles. The lowest BCUT2D eigenvalue weighted by molar-refractivity contribution is -0.129. The van der Waals surface area contributed by atoms with Crippen molar-refractivity contribution in [3.63, 3.8) is 0 Å². The van der Waals surface area contributed by atoms with Crippen molar-refractivity contribution in [2.24, 2.45) is 5.92 Å². The standard InChI is InChI=1S/C22H29FN4OS/c1-16-11-13-26(14-12-16)20(28)15-29-22-25-24-21(18-9-5-6-10-19(18)23)27(22)17-7-3-2-4-8-17/h5-6,9-10,16-17H,2-4,7-8,11-15H2,1H3. The third kappa shape index (κ3) is 4.65. The average molecular weight is 417 g/mol. The molecule has 1 saturated heterocycles. The maximum absolute atomic E-state index is 14.5. The van der Waals surface area contributed by atoms with Crippen LogP contribution in [0, 0.1) is 11.7 Å². The van der Waals surface area contributed by atoms with Gasteiger partial charge in [0, 0.05) is 19.1 Å². The summed E-state index contributed by atoms with van der Waals surface area (Å²) in [5.74, 6) is 1.51. The highest BCUT2D eigenvalue weighted by Crippen LogP contribution is 2.36. The summed E-state index contributed by atoms with van der Waals surface area (Å²) in [5, 5.41) is 9.46. The molecule has 156 valence electrons. The second kappa shape index (κ2) is 9.28. The lowest BCUT2D eigenvalue weighted by atomic mass is 9.95. The van der Waals surface area contributed by atoms with E-state index in [0.29, 0.717) is 23.1 Å². The van der Waals surface area contributed by atoms with Crippen LogP contribution in [0.1, 0.15) is 57.9 Å². The van der Waals surface area contributed by atoms with E-state index in [1.165, 1.54) is 24.2 Å². The molecule has 0 N–H and O–H groups in total. The van der Waals surface area contributed by atoms with Crippen LogP contribution in [0.5, 0.6) is 0 Å². The van der Waals surface area contributed by atoms with Gasteiger partial charge in [0.25, 0.3) is 0 Å². The zero-order chi connectivity index (χ0) is 20.2. The number of amides is 1. The second-order valence-corrected chi connectivity index (χ2v) is 9.24. The highest BCUT2D eigenvalue weighted by molar-refractivity contribution is 7.99. The summed E-state index contributed by atoms with van der Waals surface area (Å²) in [6.45, 7) is 3.93. The van der Waals surface area contributed by atoms with Gasteiger partial charge in [0.15, 0.2) is 11.0 Å². The quantitative estimate of drug-likeness (QED) is 0.648. The summed E-state index contributed by atoms with van der Waals surface area (Å²) in [7, 11) is 0. The van der Waals surface area contributed by atoms with Gasteiger partial charge in [0.2, 0.25) is 5.91 Å². The van der Waals surface area contributed by atoms with Crippen molar-refractivity contribution in [1.29, 1.82) is 0 Å². The lowest BCUT2D eigenvalue weighted by Crippen LogP contribution is -2.39. The minimum absolute atomic E-state index is 0.160. The van der Waals surface area contributed by atoms with Crippen LogP contribution in [-0.2, 0) is 4.79 Å². The molecule has 2 fully saturated rings. The van der Waals surface area contributed by atoms with E-state index in [-0.39, 0.29) is 17.8 Å². The molecule has 5 nitrogen and oxygen atoms in total. The van der Waals surface area contributed by atoms with Crippen molar-refractivity contribution in [2.45, 2.75) is 63.1 Å². The summed E-state index contributed by atoms with van der Waals surface area (Å²) in [6, 6.07) is 7.00. The molecular weight excluding hydrogens is 387 g/mol. The van der Waals surface area contributed by atoms with Crippen LogP contribution in [-0.4, -0.2) is 44.4 Å². The molecule has 1 saturated carbocycles. The summed E-state index contributed by atoms with van der Waals surface area (Å²) < 4.78 is 16.6. The first-order valence-electron chi connectivity index (χ1n) is 10.7. The molecule has 4 rings (SSSR count). The topological polar surface area (TPSA) is 51.0 Å². The first-order chi connectivity index (χ1) is 14.1. The number of rotatable bonds is 5. The summed E-state index contributed by atoms with van der Waals surface area (Å²) in [6.07, 6.45) is 7.80. The normalized spacial score (nSPS) is 18.9. The zero-order valence-corrected chi connectivity index (χ0v) is 17.8. The molecule has 2 aromatic rings. The van der Waals surface area contributed by atoms with E-state index < -0.39 is 0 Å². The SMILES string of the molecule is CC1CCN(C(=O)CSc2nnc(-c3ccccc3F)n2C2CCCCC2)CC1. The molecule has 0 radical (unpaired) electrons. The number of halogens is 1. The maximum atomic E-state index is 14.5. The number of hydrogen-bond acceptors (Lipinski definition) is 4. The minimum atomic E-state index is -0.285. The van der Waals surface area contributed by atoms with Crippen molar-refractivity contribution >= 4 is 17.7 Å². The fourth-order valence-electron chi connectivity index (χ4n) is 4.35. The first-order valence-corrected chi connectivity index (χ1v) is 11.7. The van der Waals surface area contributed by atoms with Gasteiger partial charge in [-0.1, -0.05) is 50.1 Å². The van der Waals surface area contributed by atoms with Crippen molar-refractivity contribution < 1.29 is 9.18 Å². The molecule has 1 amide bonds. The zero-order valence-electron chi connectivity index (χ0n) is 17.0. The van der Waals surface area contributed by atoms with Crippen molar-refractivity contribution in [2.75, 3.05) is 18.8 Å². The van der Waals surface area contributed by atoms with Crippen LogP contribution in [0.4, 0.5) is 4.39 Å². The predicted octanol–water partition coefficient (Wildman–Crippen LogP) is 4.94. The van der Waals surface area contributed by atoms with Gasteiger partial charge in [-0.05, 0) is 43.7 Å².